The van der Waals surface area contributed by atoms with E-state index in [1.807, 2.05) is 11.3 Å². The molecule has 0 aromatic carbocycles. The summed E-state index contributed by atoms with van der Waals surface area (Å²) < 4.78 is 0. The van der Waals surface area contributed by atoms with E-state index >= 15 is 0 Å². The Morgan fingerprint density at radius 3 is 2.82 bits per heavy atom. The van der Waals surface area contributed by atoms with Crippen LogP contribution in [-0.2, 0) is 11.2 Å². The summed E-state index contributed by atoms with van der Waals surface area (Å²) in [6.07, 6.45) is 4.97. The second-order valence-corrected chi connectivity index (χ2v) is 6.11. The molecule has 0 spiro atoms. The van der Waals surface area contributed by atoms with Crippen molar-refractivity contribution in [2.45, 2.75) is 32.1 Å². The van der Waals surface area contributed by atoms with Crippen molar-refractivity contribution < 1.29 is 4.79 Å². The predicted molar refractivity (Wildman–Crippen MR) is 72.5 cm³/mol. The Balaban J connectivity index is 1.66. The van der Waals surface area contributed by atoms with Gasteiger partial charge in [-0.1, -0.05) is 6.07 Å². The molecular formula is C14H21NOS. The van der Waals surface area contributed by atoms with E-state index in [0.717, 1.165) is 51.1 Å². The third-order valence-electron chi connectivity index (χ3n) is 3.55. The molecule has 0 unspecified atom stereocenters. The first-order valence-corrected chi connectivity index (χ1v) is 7.34. The molecule has 2 nitrogen and oxygen atoms in total. The van der Waals surface area contributed by atoms with Crippen molar-refractivity contribution in [3.8, 4) is 0 Å². The van der Waals surface area contributed by atoms with Gasteiger partial charge in [-0.2, -0.15) is 0 Å². The highest BCUT2D eigenvalue weighted by Crippen LogP contribution is 2.22. The number of likely N-dealkylation sites (N-methyl/N-ethyl adjacent to an activating group) is 1. The van der Waals surface area contributed by atoms with E-state index in [0.29, 0.717) is 5.78 Å². The number of carbonyl (C=O) groups excluding carboxylic acids is 1. The van der Waals surface area contributed by atoms with E-state index in [4.69, 9.17) is 0 Å². The highest BCUT2D eigenvalue weighted by atomic mass is 32.1. The second-order valence-electron chi connectivity index (χ2n) is 5.07. The van der Waals surface area contributed by atoms with Gasteiger partial charge in [0.1, 0.15) is 5.78 Å². The minimum absolute atomic E-state index is 0.461. The summed E-state index contributed by atoms with van der Waals surface area (Å²) in [6, 6.07) is 4.32. The zero-order valence-electron chi connectivity index (χ0n) is 10.5. The van der Waals surface area contributed by atoms with Crippen LogP contribution < -0.4 is 0 Å². The molecule has 1 aromatic heterocycles. The fourth-order valence-corrected chi connectivity index (χ4v) is 3.17. The maximum atomic E-state index is 11.2. The maximum Gasteiger partial charge on any atom is 0.132 e. The summed E-state index contributed by atoms with van der Waals surface area (Å²) in [6.45, 7) is 2.28. The second kappa shape index (κ2) is 6.31. The Morgan fingerprint density at radius 2 is 2.18 bits per heavy atom. The third-order valence-corrected chi connectivity index (χ3v) is 4.49. The highest BCUT2D eigenvalue weighted by molar-refractivity contribution is 7.09. The van der Waals surface area contributed by atoms with Gasteiger partial charge in [0.25, 0.3) is 0 Å². The summed E-state index contributed by atoms with van der Waals surface area (Å²) in [5.74, 6) is 1.20. The third kappa shape index (κ3) is 4.25. The molecule has 0 amide bonds. The van der Waals surface area contributed by atoms with Crippen LogP contribution in [0.25, 0.3) is 0 Å². The molecule has 1 saturated carbocycles. The molecular weight excluding hydrogens is 230 g/mol. The monoisotopic (exact) mass is 251 g/mol. The molecule has 1 aliphatic rings. The first-order valence-electron chi connectivity index (χ1n) is 6.46. The smallest absolute Gasteiger partial charge is 0.132 e. The van der Waals surface area contributed by atoms with Gasteiger partial charge in [-0.15, -0.1) is 11.3 Å². The number of thiophene rings is 1. The van der Waals surface area contributed by atoms with Gasteiger partial charge in [0, 0.05) is 30.8 Å². The standard InChI is InChI=1S/C14H21NOS/c1-15(9-8-14-3-2-10-17-14)11-12-4-6-13(16)7-5-12/h2-3,10,12H,4-9,11H2,1H3. The molecule has 2 rings (SSSR count). The lowest BCUT2D eigenvalue weighted by Gasteiger charge is -2.26. The zero-order chi connectivity index (χ0) is 12.1. The topological polar surface area (TPSA) is 20.3 Å². The van der Waals surface area contributed by atoms with Crippen LogP contribution in [-0.4, -0.2) is 30.8 Å². The van der Waals surface area contributed by atoms with Gasteiger partial charge in [-0.05, 0) is 43.7 Å². The van der Waals surface area contributed by atoms with Crippen molar-refractivity contribution in [1.82, 2.24) is 4.90 Å². The van der Waals surface area contributed by atoms with Gasteiger partial charge in [0.05, 0.1) is 0 Å². The number of hydrogen-bond donors (Lipinski definition) is 0. The molecule has 1 heterocycles. The fourth-order valence-electron chi connectivity index (χ4n) is 2.47. The van der Waals surface area contributed by atoms with Crippen molar-refractivity contribution in [1.29, 1.82) is 0 Å². The Morgan fingerprint density at radius 1 is 1.41 bits per heavy atom. The van der Waals surface area contributed by atoms with Crippen molar-refractivity contribution in [2.24, 2.45) is 5.92 Å². The molecule has 3 heteroatoms. The van der Waals surface area contributed by atoms with Gasteiger partial charge in [-0.3, -0.25) is 4.79 Å². The van der Waals surface area contributed by atoms with E-state index < -0.39 is 0 Å². The molecule has 1 aliphatic carbocycles. The number of rotatable bonds is 5. The van der Waals surface area contributed by atoms with Crippen LogP contribution in [0.3, 0.4) is 0 Å². The lowest BCUT2D eigenvalue weighted by molar-refractivity contribution is -0.121. The average molecular weight is 251 g/mol. The van der Waals surface area contributed by atoms with Crippen LogP contribution in [0.5, 0.6) is 0 Å². The SMILES string of the molecule is CN(CCc1cccs1)CC1CCC(=O)CC1. The van der Waals surface area contributed by atoms with Crippen LogP contribution in [0.1, 0.15) is 30.6 Å². The van der Waals surface area contributed by atoms with E-state index in [9.17, 15) is 4.79 Å². The Labute approximate surface area is 108 Å². The normalized spacial score (nSPS) is 17.9. The van der Waals surface area contributed by atoms with Crippen LogP contribution >= 0.6 is 11.3 Å². The van der Waals surface area contributed by atoms with Crippen LogP contribution in [0.4, 0.5) is 0 Å². The maximum absolute atomic E-state index is 11.2. The predicted octanol–water partition coefficient (Wildman–Crippen LogP) is 2.98. The number of Topliss-reactive ketones (excluding diaryl/α,β-unsaturated/α-hetero) is 1. The summed E-state index contributed by atoms with van der Waals surface area (Å²) in [5, 5.41) is 2.14. The quantitative estimate of drug-likeness (QED) is 0.802. The molecule has 1 aromatic rings. The number of ketones is 1. The van der Waals surface area contributed by atoms with Crippen LogP contribution in [0.2, 0.25) is 0 Å². The largest absolute Gasteiger partial charge is 0.306 e. The van der Waals surface area contributed by atoms with Crippen molar-refractivity contribution in [3.05, 3.63) is 22.4 Å². The highest BCUT2D eigenvalue weighted by Gasteiger charge is 2.19. The summed E-state index contributed by atoms with van der Waals surface area (Å²) in [5.41, 5.74) is 0. The van der Waals surface area contributed by atoms with E-state index in [1.165, 1.54) is 4.88 Å². The lowest BCUT2D eigenvalue weighted by atomic mass is 9.88. The van der Waals surface area contributed by atoms with Gasteiger partial charge in [0.15, 0.2) is 0 Å². The summed E-state index contributed by atoms with van der Waals surface area (Å²) in [7, 11) is 2.20. The first-order chi connectivity index (χ1) is 8.24. The molecule has 1 fully saturated rings. The van der Waals surface area contributed by atoms with Crippen molar-refractivity contribution in [2.75, 3.05) is 20.1 Å². The van der Waals surface area contributed by atoms with Gasteiger partial charge in [0.2, 0.25) is 0 Å². The summed E-state index contributed by atoms with van der Waals surface area (Å²) >= 11 is 1.84. The minimum Gasteiger partial charge on any atom is -0.306 e. The number of carbonyl (C=O) groups is 1. The number of hydrogen-bond acceptors (Lipinski definition) is 3. The molecule has 17 heavy (non-hydrogen) atoms. The Bertz CT molecular complexity index is 337. The molecule has 0 radical (unpaired) electrons. The van der Waals surface area contributed by atoms with Gasteiger partial charge in [-0.25, -0.2) is 0 Å². The lowest BCUT2D eigenvalue weighted by Crippen LogP contribution is -2.30. The fraction of sp³-hybridized carbons (Fsp3) is 0.643. The average Bonchev–Trinajstić information content (AvgIpc) is 2.83. The van der Waals surface area contributed by atoms with E-state index in [-0.39, 0.29) is 0 Å². The number of nitrogens with zero attached hydrogens (tertiary/aromatic N) is 1. The molecule has 0 N–H and O–H groups in total. The van der Waals surface area contributed by atoms with Crippen LogP contribution in [0.15, 0.2) is 17.5 Å². The van der Waals surface area contributed by atoms with Crippen molar-refractivity contribution >= 4 is 17.1 Å². The van der Waals surface area contributed by atoms with E-state index in [2.05, 4.69) is 29.5 Å². The Kier molecular flexibility index (Phi) is 4.75. The molecule has 0 bridgehead atoms. The zero-order valence-corrected chi connectivity index (χ0v) is 11.3. The summed E-state index contributed by atoms with van der Waals surface area (Å²) in [4.78, 5) is 15.0. The van der Waals surface area contributed by atoms with E-state index in [1.54, 1.807) is 0 Å². The molecule has 94 valence electrons. The molecule has 0 atom stereocenters. The van der Waals surface area contributed by atoms with Gasteiger partial charge >= 0.3 is 0 Å². The van der Waals surface area contributed by atoms with Crippen LogP contribution in [0, 0.1) is 5.92 Å². The molecule has 0 aliphatic heterocycles. The minimum atomic E-state index is 0.461. The molecule has 0 saturated heterocycles. The van der Waals surface area contributed by atoms with Crippen molar-refractivity contribution in [3.63, 3.8) is 0 Å². The first kappa shape index (κ1) is 12.8. The Hall–Kier alpha value is -0.670. The van der Waals surface area contributed by atoms with Gasteiger partial charge < -0.3 is 4.90 Å².